The van der Waals surface area contributed by atoms with Crippen LogP contribution in [0.3, 0.4) is 0 Å². The van der Waals surface area contributed by atoms with Crippen LogP contribution in [0.2, 0.25) is 0 Å². The highest BCUT2D eigenvalue weighted by Gasteiger charge is 2.24. The molecular formula is C27H27N5O7S2. The molecule has 0 radical (unpaired) electrons. The monoisotopic (exact) mass is 597 g/mol. The number of furan rings is 1. The van der Waals surface area contributed by atoms with Gasteiger partial charge in [0, 0.05) is 12.1 Å². The van der Waals surface area contributed by atoms with E-state index in [1.165, 1.54) is 41.4 Å². The second-order valence-electron chi connectivity index (χ2n) is 9.58. The molecular weight excluding hydrogens is 570 g/mol. The molecule has 0 aliphatic carbocycles. The molecule has 12 nitrogen and oxygen atoms in total. The van der Waals surface area contributed by atoms with Crippen molar-refractivity contribution in [2.75, 3.05) is 6.61 Å². The summed E-state index contributed by atoms with van der Waals surface area (Å²) in [4.78, 5) is 40.1. The lowest BCUT2D eigenvalue weighted by molar-refractivity contribution is -0.384. The standard InChI is InChI=1S/C27H27N5O7S2/c1-27(2,3)39-25(34)29-21(16-37-15-17-7-5-4-6-8-17)24(33)31-28-14-19-10-12-23(38-19)41-26-30-20-11-9-18(32(35)36)13-22(20)40-26/h4-14,21H,15-16H2,1-3H3,(H,29,34)(H,31,33)/b28-14-/t21-/m0/s1. The summed E-state index contributed by atoms with van der Waals surface area (Å²) < 4.78 is 18.0. The first kappa shape index (κ1) is 29.7. The Kier molecular flexibility index (Phi) is 9.70. The van der Waals surface area contributed by atoms with Crippen molar-refractivity contribution in [2.24, 2.45) is 5.10 Å². The summed E-state index contributed by atoms with van der Waals surface area (Å²) >= 11 is 2.57. The van der Waals surface area contributed by atoms with Crippen LogP contribution < -0.4 is 10.7 Å². The van der Waals surface area contributed by atoms with E-state index in [1.807, 2.05) is 30.3 Å². The zero-order valence-corrected chi connectivity index (χ0v) is 24.0. The van der Waals surface area contributed by atoms with Crippen LogP contribution in [0.1, 0.15) is 32.1 Å². The third kappa shape index (κ3) is 9.13. The van der Waals surface area contributed by atoms with Crippen LogP contribution in [0.5, 0.6) is 0 Å². The number of carbonyl (C=O) groups is 2. The van der Waals surface area contributed by atoms with Gasteiger partial charge in [0.05, 0.1) is 34.6 Å². The number of ether oxygens (including phenoxy) is 2. The number of hydrogen-bond acceptors (Lipinski definition) is 11. The number of rotatable bonds is 11. The van der Waals surface area contributed by atoms with Gasteiger partial charge in [-0.15, -0.1) is 11.3 Å². The minimum Gasteiger partial charge on any atom is -0.448 e. The highest BCUT2D eigenvalue weighted by molar-refractivity contribution is 8.01. The number of amides is 2. The maximum atomic E-state index is 12.8. The van der Waals surface area contributed by atoms with Gasteiger partial charge in [-0.3, -0.25) is 14.9 Å². The molecule has 0 saturated carbocycles. The second-order valence-corrected chi connectivity index (χ2v) is 11.9. The molecule has 0 unspecified atom stereocenters. The van der Waals surface area contributed by atoms with E-state index in [9.17, 15) is 19.7 Å². The van der Waals surface area contributed by atoms with Gasteiger partial charge in [-0.1, -0.05) is 30.3 Å². The number of nitrogens with zero attached hydrogens (tertiary/aromatic N) is 3. The highest BCUT2D eigenvalue weighted by atomic mass is 32.2. The van der Waals surface area contributed by atoms with Crippen LogP contribution in [0.15, 0.2) is 79.6 Å². The molecule has 0 saturated heterocycles. The Bertz CT molecular complexity index is 1550. The van der Waals surface area contributed by atoms with Crippen LogP contribution in [-0.2, 0) is 20.9 Å². The van der Waals surface area contributed by atoms with E-state index in [2.05, 4.69) is 20.8 Å². The number of nitro benzene ring substituents is 1. The number of aromatic nitrogens is 1. The van der Waals surface area contributed by atoms with E-state index in [4.69, 9.17) is 13.9 Å². The Balaban J connectivity index is 1.34. The Morgan fingerprint density at radius 1 is 1.20 bits per heavy atom. The Morgan fingerprint density at radius 3 is 2.71 bits per heavy atom. The van der Waals surface area contributed by atoms with Crippen LogP contribution in [0.4, 0.5) is 10.5 Å². The average Bonchev–Trinajstić information content (AvgIpc) is 3.53. The topological polar surface area (TPSA) is 158 Å². The predicted molar refractivity (Wildman–Crippen MR) is 154 cm³/mol. The van der Waals surface area contributed by atoms with E-state index >= 15 is 0 Å². The molecule has 2 aromatic heterocycles. The first-order valence-electron chi connectivity index (χ1n) is 12.3. The minimum atomic E-state index is -1.07. The summed E-state index contributed by atoms with van der Waals surface area (Å²) in [5.41, 5.74) is 3.22. The Hall–Kier alpha value is -4.27. The zero-order valence-electron chi connectivity index (χ0n) is 22.4. The number of nitro groups is 1. The molecule has 0 bridgehead atoms. The van der Waals surface area contributed by atoms with Gasteiger partial charge in [-0.2, -0.15) is 5.10 Å². The summed E-state index contributed by atoms with van der Waals surface area (Å²) in [7, 11) is 0. The van der Waals surface area contributed by atoms with Crippen molar-refractivity contribution in [2.45, 2.75) is 48.5 Å². The summed E-state index contributed by atoms with van der Waals surface area (Å²) in [5.74, 6) is -0.244. The number of hydrazone groups is 1. The quantitative estimate of drug-likeness (QED) is 0.129. The maximum absolute atomic E-state index is 12.8. The van der Waals surface area contributed by atoms with Gasteiger partial charge in [0.2, 0.25) is 0 Å². The number of nitrogens with one attached hydrogen (secondary N) is 2. The number of hydrogen-bond donors (Lipinski definition) is 2. The van der Waals surface area contributed by atoms with E-state index in [1.54, 1.807) is 39.0 Å². The molecule has 0 aliphatic heterocycles. The number of fused-ring (bicyclic) bond motifs is 1. The summed E-state index contributed by atoms with van der Waals surface area (Å²) in [6.45, 7) is 5.30. The smallest absolute Gasteiger partial charge is 0.408 e. The molecule has 4 rings (SSSR count). The number of non-ortho nitro benzene ring substituents is 1. The average molecular weight is 598 g/mol. The maximum Gasteiger partial charge on any atom is 0.408 e. The molecule has 2 amide bonds. The van der Waals surface area contributed by atoms with Gasteiger partial charge >= 0.3 is 6.09 Å². The van der Waals surface area contributed by atoms with Crippen molar-refractivity contribution in [3.05, 3.63) is 82.1 Å². The molecule has 2 N–H and O–H groups in total. The number of thiazole rings is 1. The van der Waals surface area contributed by atoms with Crippen LogP contribution in [-0.4, -0.2) is 46.4 Å². The van der Waals surface area contributed by atoms with E-state index in [0.29, 0.717) is 25.4 Å². The van der Waals surface area contributed by atoms with Gasteiger partial charge in [0.25, 0.3) is 11.6 Å². The molecule has 41 heavy (non-hydrogen) atoms. The third-order valence-electron chi connectivity index (χ3n) is 5.12. The fraction of sp³-hybridized carbons (Fsp3) is 0.259. The van der Waals surface area contributed by atoms with Crippen molar-refractivity contribution in [1.82, 2.24) is 15.7 Å². The SMILES string of the molecule is CC(C)(C)OC(=O)N[C@@H](COCc1ccccc1)C(=O)N/N=C\c1ccc(Sc2nc3ccc([N+](=O)[O-])cc3s2)o1. The van der Waals surface area contributed by atoms with Crippen molar-refractivity contribution in [3.8, 4) is 0 Å². The first-order chi connectivity index (χ1) is 19.6. The molecule has 2 aromatic carbocycles. The number of alkyl carbamates (subject to hydrolysis) is 1. The lowest BCUT2D eigenvalue weighted by Crippen LogP contribution is -2.49. The first-order valence-corrected chi connectivity index (χ1v) is 14.0. The summed E-state index contributed by atoms with van der Waals surface area (Å²) in [5, 5.41) is 18.0. The predicted octanol–water partition coefficient (Wildman–Crippen LogP) is 5.51. The number of benzene rings is 2. The second kappa shape index (κ2) is 13.4. The Labute approximate surface area is 243 Å². The van der Waals surface area contributed by atoms with Crippen molar-refractivity contribution < 1.29 is 28.4 Å². The molecule has 0 spiro atoms. The van der Waals surface area contributed by atoms with Crippen LogP contribution in [0, 0.1) is 10.1 Å². The molecule has 1 atom stereocenters. The molecule has 4 aromatic rings. The number of carbonyl (C=O) groups excluding carboxylic acids is 2. The van der Waals surface area contributed by atoms with Crippen molar-refractivity contribution >= 4 is 57.2 Å². The van der Waals surface area contributed by atoms with Crippen LogP contribution in [0.25, 0.3) is 10.2 Å². The largest absolute Gasteiger partial charge is 0.448 e. The minimum absolute atomic E-state index is 0.00235. The molecule has 214 valence electrons. The molecule has 14 heteroatoms. The van der Waals surface area contributed by atoms with E-state index in [0.717, 1.165) is 5.56 Å². The van der Waals surface area contributed by atoms with Gasteiger partial charge in [-0.05, 0) is 56.3 Å². The van der Waals surface area contributed by atoms with Gasteiger partial charge in [0.15, 0.2) is 9.43 Å². The molecule has 2 heterocycles. The van der Waals surface area contributed by atoms with Gasteiger partial charge < -0.3 is 19.2 Å². The lowest BCUT2D eigenvalue weighted by atomic mass is 10.2. The highest BCUT2D eigenvalue weighted by Crippen LogP contribution is 2.36. The molecule has 0 fully saturated rings. The fourth-order valence-electron chi connectivity index (χ4n) is 3.33. The van der Waals surface area contributed by atoms with Gasteiger partial charge in [-0.25, -0.2) is 15.2 Å². The zero-order chi connectivity index (χ0) is 29.4. The Morgan fingerprint density at radius 2 is 1.98 bits per heavy atom. The fourth-order valence-corrected chi connectivity index (χ4v) is 5.34. The van der Waals surface area contributed by atoms with E-state index in [-0.39, 0.29) is 18.9 Å². The van der Waals surface area contributed by atoms with Gasteiger partial charge in [0.1, 0.15) is 17.4 Å². The summed E-state index contributed by atoms with van der Waals surface area (Å²) in [6.07, 6.45) is 0.557. The van der Waals surface area contributed by atoms with E-state index < -0.39 is 28.6 Å². The molecule has 0 aliphatic rings. The van der Waals surface area contributed by atoms with Crippen molar-refractivity contribution in [1.29, 1.82) is 0 Å². The van der Waals surface area contributed by atoms with Crippen molar-refractivity contribution in [3.63, 3.8) is 0 Å². The lowest BCUT2D eigenvalue weighted by Gasteiger charge is -2.22. The third-order valence-corrected chi connectivity index (χ3v) is 7.12. The summed E-state index contributed by atoms with van der Waals surface area (Å²) in [6, 6.07) is 16.2. The normalized spacial score (nSPS) is 12.4. The van der Waals surface area contributed by atoms with Crippen LogP contribution >= 0.6 is 23.1 Å².